The summed E-state index contributed by atoms with van der Waals surface area (Å²) in [5.74, 6) is 0. The van der Waals surface area contributed by atoms with Gasteiger partial charge >= 0.3 is 58.4 Å². The molecule has 1 aliphatic rings. The minimum Gasteiger partial charge on any atom is -0.449 e. The smallest absolute Gasteiger partial charge is 0.449 e. The van der Waals surface area contributed by atoms with E-state index in [0.29, 0.717) is 5.56 Å². The van der Waals surface area contributed by atoms with Crippen molar-refractivity contribution in [1.82, 2.24) is 5.32 Å². The molecule has 0 bridgehead atoms. The Labute approximate surface area is 173 Å². The number of hydrogen-bond acceptors (Lipinski definition) is 2. The first-order chi connectivity index (χ1) is 8.87. The van der Waals surface area contributed by atoms with Gasteiger partial charge in [-0.25, -0.2) is 0 Å². The van der Waals surface area contributed by atoms with Gasteiger partial charge in [-0.15, -0.1) is 0 Å². The van der Waals surface area contributed by atoms with Crippen LogP contribution < -0.4 is 61.6 Å². The largest absolute Gasteiger partial charge is 1.00 e. The maximum atomic E-state index is 12.7. The third-order valence-corrected chi connectivity index (χ3v) is 4.49. The van der Waals surface area contributed by atoms with Crippen molar-refractivity contribution in [2.45, 2.75) is 13.2 Å². The van der Waals surface area contributed by atoms with Gasteiger partial charge in [0, 0.05) is 35.4 Å². The average molecular weight is 422 g/mol. The van der Waals surface area contributed by atoms with E-state index < -0.39 is 13.3 Å². The van der Waals surface area contributed by atoms with E-state index in [2.05, 4.69) is 32.8 Å². The fourth-order valence-corrected chi connectivity index (χ4v) is 2.95. The Morgan fingerprint density at radius 2 is 1.85 bits per heavy atom. The molecule has 1 heterocycles. The number of halogens is 4. The zero-order chi connectivity index (χ0) is 14.0. The zero-order valence-corrected chi connectivity index (χ0v) is 17.0. The summed E-state index contributed by atoms with van der Waals surface area (Å²) in [6, 6.07) is 3.69. The first-order valence-electron chi connectivity index (χ1n) is 6.32. The minimum absolute atomic E-state index is 0. The van der Waals surface area contributed by atoms with Crippen LogP contribution in [0, 0.1) is 10.5 Å². The van der Waals surface area contributed by atoms with Crippen molar-refractivity contribution in [2.24, 2.45) is 0 Å². The van der Waals surface area contributed by atoms with Crippen molar-refractivity contribution in [2.75, 3.05) is 31.1 Å². The molecule has 20 heavy (non-hydrogen) atoms. The molecule has 2 nitrogen and oxygen atoms in total. The molecule has 0 unspecified atom stereocenters. The number of rotatable bonds is 3. The molecule has 1 aromatic rings. The van der Waals surface area contributed by atoms with Crippen molar-refractivity contribution in [3.63, 3.8) is 0 Å². The van der Waals surface area contributed by atoms with Gasteiger partial charge in [0.2, 0.25) is 0 Å². The van der Waals surface area contributed by atoms with Crippen LogP contribution in [0.3, 0.4) is 0 Å². The topological polar surface area (TPSA) is 15.3 Å². The second-order valence-electron chi connectivity index (χ2n) is 4.86. The Balaban J connectivity index is 0.00000200. The molecule has 1 fully saturated rings. The summed E-state index contributed by atoms with van der Waals surface area (Å²) < 4.78 is 38.9. The van der Waals surface area contributed by atoms with E-state index in [4.69, 9.17) is 0 Å². The molecule has 106 valence electrons. The number of hydrogen-bond donors (Lipinski definition) is 1. The molecular weight excluding hydrogens is 406 g/mol. The molecule has 0 aromatic heterocycles. The number of piperazine rings is 1. The zero-order valence-electron chi connectivity index (χ0n) is 11.7. The van der Waals surface area contributed by atoms with Crippen LogP contribution >= 0.6 is 22.6 Å². The van der Waals surface area contributed by atoms with E-state index in [9.17, 15) is 12.9 Å². The Morgan fingerprint density at radius 3 is 2.40 bits per heavy atom. The summed E-state index contributed by atoms with van der Waals surface area (Å²) in [7, 11) is 0. The summed E-state index contributed by atoms with van der Waals surface area (Å²) in [6.07, 6.45) is -0.790. The predicted octanol–water partition coefficient (Wildman–Crippen LogP) is -0.0577. The number of benzene rings is 1. The Hall–Kier alpha value is 1.20. The van der Waals surface area contributed by atoms with Crippen LogP contribution in [0.5, 0.6) is 0 Å². The van der Waals surface area contributed by atoms with Gasteiger partial charge in [0.25, 0.3) is 0 Å². The molecule has 0 radical (unpaired) electrons. The third-order valence-electron chi connectivity index (χ3n) is 3.37. The second kappa shape index (κ2) is 8.17. The molecule has 0 atom stereocenters. The van der Waals surface area contributed by atoms with Gasteiger partial charge in [-0.05, 0) is 47.2 Å². The van der Waals surface area contributed by atoms with Crippen molar-refractivity contribution in [3.05, 3.63) is 26.8 Å². The van der Waals surface area contributed by atoms with E-state index in [1.807, 2.05) is 6.07 Å². The van der Waals surface area contributed by atoms with Crippen LogP contribution in [0.25, 0.3) is 0 Å². The average Bonchev–Trinajstić information content (AvgIpc) is 2.34. The van der Waals surface area contributed by atoms with Gasteiger partial charge in [-0.3, -0.25) is 0 Å². The minimum atomic E-state index is -4.79. The van der Waals surface area contributed by atoms with Gasteiger partial charge < -0.3 is 23.2 Å². The maximum Gasteiger partial charge on any atom is 1.00 e. The van der Waals surface area contributed by atoms with Crippen LogP contribution in [-0.2, 0) is 6.32 Å². The van der Waals surface area contributed by atoms with E-state index in [1.54, 1.807) is 13.0 Å². The third kappa shape index (κ3) is 5.44. The van der Waals surface area contributed by atoms with Crippen molar-refractivity contribution >= 4 is 35.3 Å². The molecule has 0 aliphatic carbocycles. The SMILES string of the molecule is Cc1c(I)cc(N2CCNCC2)cc1C[B-](F)(F)F.[K+]. The van der Waals surface area contributed by atoms with Crippen LogP contribution in [0.4, 0.5) is 18.6 Å². The Kier molecular flexibility index (Phi) is 7.86. The van der Waals surface area contributed by atoms with Crippen LogP contribution in [0.15, 0.2) is 12.1 Å². The number of nitrogens with zero attached hydrogens (tertiary/aromatic N) is 1. The van der Waals surface area contributed by atoms with Crippen molar-refractivity contribution in [3.8, 4) is 0 Å². The van der Waals surface area contributed by atoms with Crippen molar-refractivity contribution in [1.29, 1.82) is 0 Å². The predicted molar refractivity (Wildman–Crippen MR) is 81.8 cm³/mol. The standard InChI is InChI=1S/C12H16BF3IN2.K/c1-9-10(8-13(14,15)16)6-11(7-12(9)17)19-4-2-18-3-5-19;/h6-7,18H,2-5,8H2,1H3;/q-1;+1. The fraction of sp³-hybridized carbons (Fsp3) is 0.500. The summed E-state index contributed by atoms with van der Waals surface area (Å²) >= 11 is 2.12. The Morgan fingerprint density at radius 1 is 1.25 bits per heavy atom. The van der Waals surface area contributed by atoms with Gasteiger partial charge in [-0.1, -0.05) is 11.9 Å². The van der Waals surface area contributed by atoms with Crippen LogP contribution in [0.2, 0.25) is 0 Å². The van der Waals surface area contributed by atoms with E-state index in [-0.39, 0.29) is 51.4 Å². The molecular formula is C12H16BF3IKN2. The second-order valence-corrected chi connectivity index (χ2v) is 6.03. The van der Waals surface area contributed by atoms with Gasteiger partial charge in [0.15, 0.2) is 0 Å². The fourth-order valence-electron chi connectivity index (χ4n) is 2.29. The molecule has 1 saturated heterocycles. The van der Waals surface area contributed by atoms with Crippen LogP contribution in [-0.4, -0.2) is 33.2 Å². The first-order valence-corrected chi connectivity index (χ1v) is 7.40. The first kappa shape index (κ1) is 19.2. The maximum absolute atomic E-state index is 12.7. The van der Waals surface area contributed by atoms with Gasteiger partial charge in [0.1, 0.15) is 0 Å². The van der Waals surface area contributed by atoms with Crippen LogP contribution in [0.1, 0.15) is 11.1 Å². The molecule has 1 aromatic carbocycles. The molecule has 8 heteroatoms. The number of nitrogens with one attached hydrogen (secondary N) is 1. The quantitative estimate of drug-likeness (QED) is 0.543. The summed E-state index contributed by atoms with van der Waals surface area (Å²) in [6.45, 7) is 0.419. The summed E-state index contributed by atoms with van der Waals surface area (Å²) in [4.78, 5) is 2.14. The molecule has 2 rings (SSSR count). The molecule has 0 spiro atoms. The van der Waals surface area contributed by atoms with Gasteiger partial charge in [0.05, 0.1) is 0 Å². The van der Waals surface area contributed by atoms with E-state index >= 15 is 0 Å². The molecule has 1 N–H and O–H groups in total. The molecule has 0 amide bonds. The molecule has 1 aliphatic heterocycles. The molecule has 0 saturated carbocycles. The summed E-state index contributed by atoms with van der Waals surface area (Å²) in [5, 5.41) is 3.24. The number of anilines is 1. The van der Waals surface area contributed by atoms with E-state index in [0.717, 1.165) is 41.0 Å². The monoisotopic (exact) mass is 422 g/mol. The van der Waals surface area contributed by atoms with Crippen molar-refractivity contribution < 1.29 is 64.3 Å². The van der Waals surface area contributed by atoms with E-state index in [1.165, 1.54) is 0 Å². The normalized spacial score (nSPS) is 15.9. The summed E-state index contributed by atoms with van der Waals surface area (Å²) in [5.41, 5.74) is 2.07. The Bertz CT molecular complexity index is 465. The van der Waals surface area contributed by atoms with Gasteiger partial charge in [-0.2, -0.15) is 0 Å².